The second-order valence-electron chi connectivity index (χ2n) is 9.29. The van der Waals surface area contributed by atoms with Crippen molar-refractivity contribution in [3.05, 3.63) is 23.8 Å². The number of aliphatic hydroxyl groups is 5. The van der Waals surface area contributed by atoms with E-state index in [0.717, 1.165) is 37.8 Å². The Morgan fingerprint density at radius 1 is 0.971 bits per heavy atom. The lowest BCUT2D eigenvalue weighted by atomic mass is 9.93. The molecule has 0 aliphatic heterocycles. The number of carboxylic acid groups (broad SMARTS) is 1. The van der Waals surface area contributed by atoms with Gasteiger partial charge in [-0.1, -0.05) is 56.9 Å². The van der Waals surface area contributed by atoms with Gasteiger partial charge in [-0.25, -0.2) is 0 Å². The van der Waals surface area contributed by atoms with Crippen LogP contribution in [0.2, 0.25) is 0 Å². The number of carbonyl (C=O) groups is 1. The van der Waals surface area contributed by atoms with Gasteiger partial charge in [-0.15, -0.1) is 0 Å². The maximum absolute atomic E-state index is 10.9. The molecular weight excluding hydrogens is 452 g/mol. The molecule has 9 nitrogen and oxygen atoms in total. The van der Waals surface area contributed by atoms with E-state index in [-0.39, 0.29) is 31.5 Å². The maximum atomic E-state index is 10.9. The third kappa shape index (κ3) is 17.7. The second kappa shape index (κ2) is 20.8. The van der Waals surface area contributed by atoms with Crippen LogP contribution in [0.3, 0.4) is 0 Å². The first-order valence-electron chi connectivity index (χ1n) is 13.0. The largest absolute Gasteiger partial charge is 0.481 e. The summed E-state index contributed by atoms with van der Waals surface area (Å²) in [7, 11) is 0. The minimum absolute atomic E-state index is 0.0867. The van der Waals surface area contributed by atoms with Crippen molar-refractivity contribution in [2.75, 3.05) is 19.7 Å². The minimum atomic E-state index is -0.999. The molecule has 0 rings (SSSR count). The van der Waals surface area contributed by atoms with E-state index in [9.17, 15) is 30.3 Å². The SMILES string of the molecule is CCCCC(O)C(O)C=CC=C(CC(O)CO)C(CCCC(CCC(=O)O)NCC)NCC(C)O. The number of aliphatic hydroxyl groups excluding tert-OH is 5. The highest BCUT2D eigenvalue weighted by Crippen LogP contribution is 2.19. The molecule has 0 saturated carbocycles. The second-order valence-corrected chi connectivity index (χ2v) is 9.29. The van der Waals surface area contributed by atoms with Gasteiger partial charge in [-0.05, 0) is 45.6 Å². The Morgan fingerprint density at radius 3 is 2.26 bits per heavy atom. The van der Waals surface area contributed by atoms with Crippen molar-refractivity contribution in [2.24, 2.45) is 0 Å². The van der Waals surface area contributed by atoms with Gasteiger partial charge in [0.2, 0.25) is 0 Å². The average molecular weight is 503 g/mol. The standard InChI is InChI=1S/C26H50N2O7/c1-4-6-12-24(32)25(33)13-7-9-20(16-22(31)18-29)23(28-17-19(3)30)11-8-10-21(27-5-2)14-15-26(34)35/h7,9,13,19,21-25,27-33H,4-6,8,10-12,14-18H2,1-3H3,(H,34,35). The molecule has 0 aromatic carbocycles. The van der Waals surface area contributed by atoms with Crippen LogP contribution < -0.4 is 10.6 Å². The normalized spacial score (nSPS) is 17.8. The fourth-order valence-corrected chi connectivity index (χ4v) is 3.90. The molecule has 0 fully saturated rings. The van der Waals surface area contributed by atoms with Crippen LogP contribution in [0.15, 0.2) is 23.8 Å². The van der Waals surface area contributed by atoms with Gasteiger partial charge < -0.3 is 41.3 Å². The van der Waals surface area contributed by atoms with Crippen LogP contribution in [0, 0.1) is 0 Å². The first-order chi connectivity index (χ1) is 16.6. The highest BCUT2D eigenvalue weighted by Gasteiger charge is 2.19. The molecule has 0 aromatic rings. The molecule has 0 bridgehead atoms. The van der Waals surface area contributed by atoms with Crippen molar-refractivity contribution in [1.29, 1.82) is 0 Å². The van der Waals surface area contributed by atoms with Crippen LogP contribution in [0.4, 0.5) is 0 Å². The maximum Gasteiger partial charge on any atom is 0.303 e. The summed E-state index contributed by atoms with van der Waals surface area (Å²) >= 11 is 0. The number of rotatable bonds is 22. The Bertz CT molecular complexity index is 598. The Hall–Kier alpha value is -1.33. The molecule has 0 radical (unpaired) electrons. The third-order valence-electron chi connectivity index (χ3n) is 5.90. The molecule has 0 aromatic heterocycles. The van der Waals surface area contributed by atoms with E-state index >= 15 is 0 Å². The summed E-state index contributed by atoms with van der Waals surface area (Å²) in [6.45, 7) is 6.38. The first kappa shape index (κ1) is 33.7. The van der Waals surface area contributed by atoms with E-state index in [4.69, 9.17) is 5.11 Å². The number of hydrogen-bond acceptors (Lipinski definition) is 8. The number of carboxylic acids is 1. The summed E-state index contributed by atoms with van der Waals surface area (Å²) in [5.41, 5.74) is 0.809. The summed E-state index contributed by atoms with van der Waals surface area (Å²) in [6, 6.07) is -0.108. The van der Waals surface area contributed by atoms with Gasteiger partial charge in [0.25, 0.3) is 0 Å². The lowest BCUT2D eigenvalue weighted by Crippen LogP contribution is -2.37. The first-order valence-corrected chi connectivity index (χ1v) is 13.0. The molecule has 6 unspecified atom stereocenters. The predicted molar refractivity (Wildman–Crippen MR) is 138 cm³/mol. The number of unbranched alkanes of at least 4 members (excludes halogenated alkanes) is 1. The summed E-state index contributed by atoms with van der Waals surface area (Å²) < 4.78 is 0. The third-order valence-corrected chi connectivity index (χ3v) is 5.90. The zero-order valence-corrected chi connectivity index (χ0v) is 21.8. The number of allylic oxidation sites excluding steroid dienone is 2. The zero-order valence-electron chi connectivity index (χ0n) is 21.8. The molecule has 206 valence electrons. The van der Waals surface area contributed by atoms with E-state index in [2.05, 4.69) is 10.6 Å². The molecule has 0 heterocycles. The van der Waals surface area contributed by atoms with Crippen LogP contribution >= 0.6 is 0 Å². The molecule has 0 amide bonds. The monoisotopic (exact) mass is 502 g/mol. The van der Waals surface area contributed by atoms with Gasteiger partial charge in [-0.3, -0.25) is 4.79 Å². The van der Waals surface area contributed by atoms with Crippen molar-refractivity contribution in [1.82, 2.24) is 10.6 Å². The van der Waals surface area contributed by atoms with E-state index < -0.39 is 30.4 Å². The fraction of sp³-hybridized carbons (Fsp3) is 0.808. The number of hydrogen-bond donors (Lipinski definition) is 8. The predicted octanol–water partition coefficient (Wildman–Crippen LogP) is 1.48. The smallest absolute Gasteiger partial charge is 0.303 e. The highest BCUT2D eigenvalue weighted by atomic mass is 16.4. The van der Waals surface area contributed by atoms with Gasteiger partial charge in [0.05, 0.1) is 31.0 Å². The van der Waals surface area contributed by atoms with Gasteiger partial charge in [0.15, 0.2) is 0 Å². The van der Waals surface area contributed by atoms with Crippen LogP contribution in [-0.4, -0.2) is 92.8 Å². The molecular formula is C26H50N2O7. The Morgan fingerprint density at radius 2 is 1.69 bits per heavy atom. The van der Waals surface area contributed by atoms with E-state index in [1.165, 1.54) is 6.08 Å². The summed E-state index contributed by atoms with van der Waals surface area (Å²) in [5, 5.41) is 65.2. The summed E-state index contributed by atoms with van der Waals surface area (Å²) in [4.78, 5) is 10.9. The fourth-order valence-electron chi connectivity index (χ4n) is 3.90. The Labute approximate surface area is 211 Å². The van der Waals surface area contributed by atoms with Crippen LogP contribution in [0.25, 0.3) is 0 Å². The molecule has 0 saturated heterocycles. The van der Waals surface area contributed by atoms with Gasteiger partial charge in [0.1, 0.15) is 0 Å². The molecule has 0 spiro atoms. The summed E-state index contributed by atoms with van der Waals surface area (Å²) in [5.74, 6) is -0.818. The highest BCUT2D eigenvalue weighted by molar-refractivity contribution is 5.66. The lowest BCUT2D eigenvalue weighted by Gasteiger charge is -2.25. The number of nitrogens with one attached hydrogen (secondary N) is 2. The van der Waals surface area contributed by atoms with Crippen molar-refractivity contribution < 1.29 is 35.4 Å². The van der Waals surface area contributed by atoms with E-state index in [0.29, 0.717) is 25.8 Å². The summed E-state index contributed by atoms with van der Waals surface area (Å²) in [6.07, 6.45) is 6.95. The van der Waals surface area contributed by atoms with Crippen molar-refractivity contribution in [2.45, 2.75) is 115 Å². The van der Waals surface area contributed by atoms with Gasteiger partial charge in [0, 0.05) is 25.0 Å². The molecule has 0 aliphatic rings. The van der Waals surface area contributed by atoms with E-state index in [1.54, 1.807) is 19.1 Å². The zero-order chi connectivity index (χ0) is 26.6. The van der Waals surface area contributed by atoms with Gasteiger partial charge in [-0.2, -0.15) is 0 Å². The molecule has 35 heavy (non-hydrogen) atoms. The molecule has 9 heteroatoms. The number of aliphatic carboxylic acids is 1. The minimum Gasteiger partial charge on any atom is -0.481 e. The Kier molecular flexibility index (Phi) is 20.0. The van der Waals surface area contributed by atoms with Crippen molar-refractivity contribution in [3.8, 4) is 0 Å². The average Bonchev–Trinajstić information content (AvgIpc) is 2.81. The Balaban J connectivity index is 5.44. The van der Waals surface area contributed by atoms with Crippen LogP contribution in [0.1, 0.15) is 78.6 Å². The topological polar surface area (TPSA) is 163 Å². The van der Waals surface area contributed by atoms with Crippen molar-refractivity contribution >= 4 is 5.97 Å². The van der Waals surface area contributed by atoms with Crippen LogP contribution in [0.5, 0.6) is 0 Å². The quantitative estimate of drug-likeness (QED) is 0.102. The van der Waals surface area contributed by atoms with Gasteiger partial charge >= 0.3 is 5.97 Å². The molecule has 8 N–H and O–H groups in total. The van der Waals surface area contributed by atoms with E-state index in [1.807, 2.05) is 13.8 Å². The molecule has 6 atom stereocenters. The lowest BCUT2D eigenvalue weighted by molar-refractivity contribution is -0.137. The molecule has 0 aliphatic carbocycles. The van der Waals surface area contributed by atoms with Crippen molar-refractivity contribution in [3.63, 3.8) is 0 Å². The van der Waals surface area contributed by atoms with Crippen LogP contribution in [-0.2, 0) is 4.79 Å².